The molecule has 0 aromatic heterocycles. The molecule has 6 nitrogen and oxygen atoms in total. The molecule has 9 heteroatoms. The second kappa shape index (κ2) is 6.62. The van der Waals surface area contributed by atoms with Gasteiger partial charge in [0.2, 0.25) is 5.91 Å². The predicted molar refractivity (Wildman–Crippen MR) is 86.7 cm³/mol. The summed E-state index contributed by atoms with van der Waals surface area (Å²) in [7, 11) is 0. The third-order valence-electron chi connectivity index (χ3n) is 4.26. The van der Waals surface area contributed by atoms with Gasteiger partial charge in [-0.3, -0.25) is 9.59 Å². The van der Waals surface area contributed by atoms with Crippen molar-refractivity contribution < 1.29 is 27.9 Å². The lowest BCUT2D eigenvalue weighted by molar-refractivity contribution is -0.155. The van der Waals surface area contributed by atoms with Crippen molar-refractivity contribution in [3.05, 3.63) is 29.8 Å². The summed E-state index contributed by atoms with van der Waals surface area (Å²) in [4.78, 5) is 37.1. The zero-order valence-corrected chi connectivity index (χ0v) is 14.2. The van der Waals surface area contributed by atoms with Gasteiger partial charge in [0.1, 0.15) is 17.7 Å². The van der Waals surface area contributed by atoms with Crippen LogP contribution in [-0.4, -0.2) is 46.0 Å². The summed E-state index contributed by atoms with van der Waals surface area (Å²) in [6.07, 6.45) is 1.05. The van der Waals surface area contributed by atoms with Gasteiger partial charge in [0.05, 0.1) is 10.6 Å². The van der Waals surface area contributed by atoms with E-state index in [1.807, 2.05) is 6.92 Å². The number of carbonyl (C=O) groups excluding carboxylic acids is 3. The molecule has 134 valence electrons. The van der Waals surface area contributed by atoms with E-state index in [1.165, 1.54) is 16.7 Å². The quantitative estimate of drug-likeness (QED) is 0.820. The van der Waals surface area contributed by atoms with Gasteiger partial charge < -0.3 is 15.0 Å². The smallest absolute Gasteiger partial charge is 0.330 e. The summed E-state index contributed by atoms with van der Waals surface area (Å²) in [6, 6.07) is 1.90. The van der Waals surface area contributed by atoms with Crippen molar-refractivity contribution in [2.45, 2.75) is 30.7 Å². The molecule has 1 aromatic carbocycles. The molecule has 2 aliphatic rings. The number of benzene rings is 1. The number of fused-ring (bicyclic) bond motifs is 1. The number of hydrogen-bond donors (Lipinski definition) is 1. The maximum atomic E-state index is 13.5. The predicted octanol–water partition coefficient (Wildman–Crippen LogP) is 1.90. The van der Waals surface area contributed by atoms with E-state index in [-0.39, 0.29) is 11.6 Å². The van der Waals surface area contributed by atoms with Gasteiger partial charge in [-0.15, -0.1) is 11.8 Å². The van der Waals surface area contributed by atoms with Gasteiger partial charge in [-0.2, -0.15) is 0 Å². The van der Waals surface area contributed by atoms with E-state index in [4.69, 9.17) is 4.74 Å². The Hall–Kier alpha value is -2.16. The SMILES string of the molecule is C[C@]12CCC(=O)N1[C@H](C(=O)OCC(=O)Nc1cc(F)ccc1F)CS2. The van der Waals surface area contributed by atoms with Crippen LogP contribution in [0.25, 0.3) is 0 Å². The number of halogens is 2. The number of amides is 2. The number of thioether (sulfide) groups is 1. The van der Waals surface area contributed by atoms with Gasteiger partial charge in [0.15, 0.2) is 6.61 Å². The Balaban J connectivity index is 1.56. The van der Waals surface area contributed by atoms with E-state index in [1.54, 1.807) is 0 Å². The van der Waals surface area contributed by atoms with Crippen molar-refractivity contribution >= 4 is 35.2 Å². The normalized spacial score (nSPS) is 25.0. The minimum absolute atomic E-state index is 0.110. The summed E-state index contributed by atoms with van der Waals surface area (Å²) in [6.45, 7) is 1.25. The van der Waals surface area contributed by atoms with Crippen LogP contribution < -0.4 is 5.32 Å². The lowest BCUT2D eigenvalue weighted by atomic mass is 10.2. The molecule has 1 aromatic rings. The third kappa shape index (κ3) is 3.46. The molecule has 0 bridgehead atoms. The van der Waals surface area contributed by atoms with E-state index in [0.717, 1.165) is 18.2 Å². The van der Waals surface area contributed by atoms with Gasteiger partial charge in [0, 0.05) is 18.2 Å². The van der Waals surface area contributed by atoms with Crippen LogP contribution in [0.4, 0.5) is 14.5 Å². The van der Waals surface area contributed by atoms with Crippen LogP contribution in [0, 0.1) is 11.6 Å². The number of anilines is 1. The van der Waals surface area contributed by atoms with Crippen molar-refractivity contribution in [1.29, 1.82) is 0 Å². The third-order valence-corrected chi connectivity index (χ3v) is 5.77. The summed E-state index contributed by atoms with van der Waals surface area (Å²) in [5.74, 6) is -2.68. The molecule has 0 unspecified atom stereocenters. The van der Waals surface area contributed by atoms with Crippen LogP contribution >= 0.6 is 11.8 Å². The molecular formula is C16H16F2N2O4S. The number of hydrogen-bond acceptors (Lipinski definition) is 5. The summed E-state index contributed by atoms with van der Waals surface area (Å²) in [5, 5.41) is 2.14. The summed E-state index contributed by atoms with van der Waals surface area (Å²) in [5.41, 5.74) is -0.334. The summed E-state index contributed by atoms with van der Waals surface area (Å²) >= 11 is 1.51. The maximum Gasteiger partial charge on any atom is 0.330 e. The van der Waals surface area contributed by atoms with Gasteiger partial charge in [-0.25, -0.2) is 13.6 Å². The maximum absolute atomic E-state index is 13.5. The first-order chi connectivity index (χ1) is 11.8. The fourth-order valence-corrected chi connectivity index (χ4v) is 4.42. The number of nitrogens with zero attached hydrogens (tertiary/aromatic N) is 1. The second-order valence-corrected chi connectivity index (χ2v) is 7.55. The van der Waals surface area contributed by atoms with Crippen LogP contribution in [0.15, 0.2) is 18.2 Å². The number of esters is 1. The first-order valence-corrected chi connectivity index (χ1v) is 8.66. The molecule has 2 heterocycles. The Bertz CT molecular complexity index is 745. The van der Waals surface area contributed by atoms with Crippen molar-refractivity contribution in [3.8, 4) is 0 Å². The van der Waals surface area contributed by atoms with E-state index in [0.29, 0.717) is 18.6 Å². The van der Waals surface area contributed by atoms with Crippen molar-refractivity contribution in [2.75, 3.05) is 17.7 Å². The van der Waals surface area contributed by atoms with Crippen molar-refractivity contribution in [1.82, 2.24) is 4.90 Å². The second-order valence-electron chi connectivity index (χ2n) is 6.05. The number of nitrogens with one attached hydrogen (secondary N) is 1. The van der Waals surface area contributed by atoms with Gasteiger partial charge in [0.25, 0.3) is 5.91 Å². The van der Waals surface area contributed by atoms with Crippen molar-refractivity contribution in [3.63, 3.8) is 0 Å². The molecule has 2 aliphatic heterocycles. The Morgan fingerprint density at radius 1 is 1.44 bits per heavy atom. The van der Waals surface area contributed by atoms with Gasteiger partial charge in [-0.05, 0) is 25.5 Å². The molecule has 0 saturated carbocycles. The highest BCUT2D eigenvalue weighted by atomic mass is 32.2. The standard InChI is InChI=1S/C16H16F2N2O4S/c1-16-5-4-14(22)20(16)12(8-25-16)15(23)24-7-13(21)19-11-6-9(17)2-3-10(11)18/h2-3,6,12H,4-5,7-8H2,1H3,(H,19,21)/t12-,16-/m0/s1. The Labute approximate surface area is 146 Å². The monoisotopic (exact) mass is 370 g/mol. The number of ether oxygens (including phenoxy) is 1. The van der Waals surface area contributed by atoms with Crippen molar-refractivity contribution in [2.24, 2.45) is 0 Å². The van der Waals surface area contributed by atoms with Gasteiger partial charge >= 0.3 is 5.97 Å². The van der Waals surface area contributed by atoms with Gasteiger partial charge in [-0.1, -0.05) is 0 Å². The topological polar surface area (TPSA) is 75.7 Å². The molecule has 2 atom stereocenters. The lowest BCUT2D eigenvalue weighted by Gasteiger charge is -2.29. The zero-order chi connectivity index (χ0) is 18.2. The minimum Gasteiger partial charge on any atom is -0.454 e. The zero-order valence-electron chi connectivity index (χ0n) is 13.4. The average molecular weight is 370 g/mol. The molecule has 3 rings (SSSR count). The highest BCUT2D eigenvalue weighted by molar-refractivity contribution is 8.01. The number of rotatable bonds is 4. The van der Waals surface area contributed by atoms with E-state index in [9.17, 15) is 23.2 Å². The van der Waals surface area contributed by atoms with E-state index in [2.05, 4.69) is 5.32 Å². The van der Waals surface area contributed by atoms with Crippen LogP contribution in [0.3, 0.4) is 0 Å². The molecule has 0 radical (unpaired) electrons. The Kier molecular flexibility index (Phi) is 4.68. The number of carbonyl (C=O) groups is 3. The molecule has 2 saturated heterocycles. The Morgan fingerprint density at radius 3 is 2.96 bits per heavy atom. The molecule has 0 spiro atoms. The highest BCUT2D eigenvalue weighted by Crippen LogP contribution is 2.47. The van der Waals surface area contributed by atoms with E-state index < -0.39 is 41.0 Å². The molecule has 1 N–H and O–H groups in total. The minimum atomic E-state index is -0.799. The largest absolute Gasteiger partial charge is 0.454 e. The van der Waals surface area contributed by atoms with E-state index >= 15 is 0 Å². The van der Waals surface area contributed by atoms with Crippen LogP contribution in [-0.2, 0) is 19.1 Å². The lowest BCUT2D eigenvalue weighted by Crippen LogP contribution is -2.47. The first-order valence-electron chi connectivity index (χ1n) is 7.68. The molecule has 0 aliphatic carbocycles. The Morgan fingerprint density at radius 2 is 2.20 bits per heavy atom. The first kappa shape index (κ1) is 17.7. The average Bonchev–Trinajstić information content (AvgIpc) is 3.05. The summed E-state index contributed by atoms with van der Waals surface area (Å²) < 4.78 is 31.5. The van der Waals surface area contributed by atoms with Crippen LogP contribution in [0.5, 0.6) is 0 Å². The molecule has 2 amide bonds. The molecular weight excluding hydrogens is 354 g/mol. The fraction of sp³-hybridized carbons (Fsp3) is 0.438. The highest BCUT2D eigenvalue weighted by Gasteiger charge is 2.53. The fourth-order valence-electron chi connectivity index (χ4n) is 3.01. The molecule has 2 fully saturated rings. The van der Waals surface area contributed by atoms with Crippen LogP contribution in [0.2, 0.25) is 0 Å². The molecule has 25 heavy (non-hydrogen) atoms. The van der Waals surface area contributed by atoms with Crippen LogP contribution in [0.1, 0.15) is 19.8 Å².